The van der Waals surface area contributed by atoms with E-state index in [2.05, 4.69) is 0 Å². The normalized spacial score (nSPS) is 21.2. The van der Waals surface area contributed by atoms with Crippen LogP contribution in [0.2, 0.25) is 5.02 Å². The summed E-state index contributed by atoms with van der Waals surface area (Å²) in [5.74, 6) is 0.507. The van der Waals surface area contributed by atoms with Crippen molar-refractivity contribution < 1.29 is 14.3 Å². The zero-order valence-electron chi connectivity index (χ0n) is 14.2. The lowest BCUT2D eigenvalue weighted by atomic mass is 9.96. The van der Waals surface area contributed by atoms with E-state index in [0.29, 0.717) is 43.6 Å². The molecule has 1 aromatic carbocycles. The molecule has 7 heteroatoms. The van der Waals surface area contributed by atoms with Crippen molar-refractivity contribution in [3.8, 4) is 0 Å². The number of hydrogen-bond donors (Lipinski definition) is 0. The molecule has 136 valence electrons. The van der Waals surface area contributed by atoms with Crippen LogP contribution in [-0.2, 0) is 14.3 Å². The third kappa shape index (κ3) is 4.90. The molecule has 2 aliphatic rings. The molecule has 0 radical (unpaired) electrons. The molecule has 1 aromatic rings. The summed E-state index contributed by atoms with van der Waals surface area (Å²) in [6.45, 7) is 3.79. The second-order valence-corrected chi connectivity index (χ2v) is 7.76. The van der Waals surface area contributed by atoms with Crippen LogP contribution in [0.3, 0.4) is 0 Å². The summed E-state index contributed by atoms with van der Waals surface area (Å²) >= 11 is 7.59. The second kappa shape index (κ2) is 8.92. The average molecular weight is 383 g/mol. The molecular formula is C18H23ClN2O3S. The van der Waals surface area contributed by atoms with Crippen LogP contribution in [-0.4, -0.2) is 66.8 Å². The number of ether oxygens (including phenoxy) is 1. The first-order valence-corrected chi connectivity index (χ1v) is 10.0. The summed E-state index contributed by atoms with van der Waals surface area (Å²) in [6, 6.07) is 7.53. The lowest BCUT2D eigenvalue weighted by Crippen LogP contribution is -2.49. The molecule has 0 bridgehead atoms. The van der Waals surface area contributed by atoms with Gasteiger partial charge in [-0.25, -0.2) is 0 Å². The van der Waals surface area contributed by atoms with Gasteiger partial charge < -0.3 is 14.5 Å². The molecule has 3 rings (SSSR count). The van der Waals surface area contributed by atoms with Gasteiger partial charge in [-0.2, -0.15) is 0 Å². The number of thioether (sulfide) groups is 1. The van der Waals surface area contributed by atoms with Crippen LogP contribution in [0, 0.1) is 5.92 Å². The molecule has 0 N–H and O–H groups in total. The van der Waals surface area contributed by atoms with Crippen molar-refractivity contribution in [2.24, 2.45) is 5.92 Å². The van der Waals surface area contributed by atoms with E-state index in [9.17, 15) is 9.59 Å². The molecule has 2 aliphatic heterocycles. The molecule has 1 unspecified atom stereocenters. The molecule has 0 saturated carbocycles. The highest BCUT2D eigenvalue weighted by Crippen LogP contribution is 2.27. The molecule has 25 heavy (non-hydrogen) atoms. The van der Waals surface area contributed by atoms with Gasteiger partial charge in [-0.15, -0.1) is 11.8 Å². The Morgan fingerprint density at radius 1 is 1.16 bits per heavy atom. The van der Waals surface area contributed by atoms with Crippen molar-refractivity contribution in [1.82, 2.24) is 9.80 Å². The molecule has 0 aliphatic carbocycles. The van der Waals surface area contributed by atoms with Crippen LogP contribution in [0.25, 0.3) is 0 Å². The Balaban J connectivity index is 1.52. The predicted octanol–water partition coefficient (Wildman–Crippen LogP) is 2.53. The Morgan fingerprint density at radius 3 is 2.68 bits per heavy atom. The number of carbonyl (C=O) groups is 2. The number of benzene rings is 1. The number of hydrogen-bond acceptors (Lipinski definition) is 4. The Kier molecular flexibility index (Phi) is 6.62. The molecule has 0 spiro atoms. The number of halogens is 1. The Bertz CT molecular complexity index is 622. The highest BCUT2D eigenvalue weighted by molar-refractivity contribution is 8.00. The quantitative estimate of drug-likeness (QED) is 0.751. The first-order valence-electron chi connectivity index (χ1n) is 8.67. The van der Waals surface area contributed by atoms with Gasteiger partial charge in [0.05, 0.1) is 29.9 Å². The van der Waals surface area contributed by atoms with Crippen molar-refractivity contribution in [3.63, 3.8) is 0 Å². The number of amides is 2. The molecule has 2 amide bonds. The van der Waals surface area contributed by atoms with E-state index < -0.39 is 0 Å². The first kappa shape index (κ1) is 18.5. The minimum atomic E-state index is -0.0823. The van der Waals surface area contributed by atoms with Gasteiger partial charge >= 0.3 is 0 Å². The topological polar surface area (TPSA) is 49.9 Å². The summed E-state index contributed by atoms with van der Waals surface area (Å²) in [4.78, 5) is 29.8. The molecule has 1 atom stereocenters. The zero-order chi connectivity index (χ0) is 17.6. The van der Waals surface area contributed by atoms with Gasteiger partial charge in [0.2, 0.25) is 11.8 Å². The standard InChI is InChI=1S/C18H23ClN2O3S/c19-15-5-1-2-6-16(15)25-13-17(22)21-7-3-4-14(12-21)18(23)20-8-10-24-11-9-20/h1-2,5-6,14H,3-4,7-13H2. The summed E-state index contributed by atoms with van der Waals surface area (Å²) in [6.07, 6.45) is 1.74. The Labute approximate surface area is 157 Å². The van der Waals surface area contributed by atoms with Gasteiger partial charge in [-0.3, -0.25) is 9.59 Å². The maximum Gasteiger partial charge on any atom is 0.232 e. The smallest absolute Gasteiger partial charge is 0.232 e. The Hall–Kier alpha value is -1.24. The van der Waals surface area contributed by atoms with Crippen LogP contribution in [0.5, 0.6) is 0 Å². The van der Waals surface area contributed by atoms with E-state index in [-0.39, 0.29) is 17.7 Å². The molecule has 5 nitrogen and oxygen atoms in total. The highest BCUT2D eigenvalue weighted by atomic mass is 35.5. The zero-order valence-corrected chi connectivity index (χ0v) is 15.7. The molecular weight excluding hydrogens is 360 g/mol. The van der Waals surface area contributed by atoms with Gasteiger partial charge in [0.1, 0.15) is 0 Å². The third-order valence-electron chi connectivity index (χ3n) is 4.63. The van der Waals surface area contributed by atoms with Crippen LogP contribution in [0.15, 0.2) is 29.2 Å². The summed E-state index contributed by atoms with van der Waals surface area (Å²) < 4.78 is 5.31. The number of morpholine rings is 1. The fourth-order valence-corrected chi connectivity index (χ4v) is 4.38. The monoisotopic (exact) mass is 382 g/mol. The molecule has 2 heterocycles. The van der Waals surface area contributed by atoms with Crippen LogP contribution < -0.4 is 0 Å². The maximum atomic E-state index is 12.7. The van der Waals surface area contributed by atoms with Crippen LogP contribution in [0.1, 0.15) is 12.8 Å². The third-order valence-corrected chi connectivity index (χ3v) is 6.13. The van der Waals surface area contributed by atoms with Gasteiger partial charge in [0, 0.05) is 31.1 Å². The Morgan fingerprint density at radius 2 is 1.92 bits per heavy atom. The predicted molar refractivity (Wildman–Crippen MR) is 98.9 cm³/mol. The SMILES string of the molecule is O=C(CSc1ccccc1Cl)N1CCCC(C(=O)N2CCOCC2)C1. The van der Waals surface area contributed by atoms with E-state index in [4.69, 9.17) is 16.3 Å². The second-order valence-electron chi connectivity index (χ2n) is 6.34. The molecule has 0 aromatic heterocycles. The molecule has 2 saturated heterocycles. The van der Waals surface area contributed by atoms with Crippen molar-refractivity contribution in [1.29, 1.82) is 0 Å². The minimum absolute atomic E-state index is 0.0735. The van der Waals surface area contributed by atoms with E-state index >= 15 is 0 Å². The summed E-state index contributed by atoms with van der Waals surface area (Å²) in [5.41, 5.74) is 0. The van der Waals surface area contributed by atoms with Gasteiger partial charge in [0.15, 0.2) is 0 Å². The number of carbonyl (C=O) groups excluding carboxylic acids is 2. The maximum absolute atomic E-state index is 12.7. The molecule has 2 fully saturated rings. The lowest BCUT2D eigenvalue weighted by molar-refractivity contribution is -0.143. The fraction of sp³-hybridized carbons (Fsp3) is 0.556. The van der Waals surface area contributed by atoms with Crippen molar-refractivity contribution in [2.45, 2.75) is 17.7 Å². The first-order chi connectivity index (χ1) is 12.1. The van der Waals surface area contributed by atoms with Gasteiger partial charge in [-0.05, 0) is 25.0 Å². The van der Waals surface area contributed by atoms with Crippen molar-refractivity contribution >= 4 is 35.2 Å². The largest absolute Gasteiger partial charge is 0.378 e. The minimum Gasteiger partial charge on any atom is -0.378 e. The van der Waals surface area contributed by atoms with Crippen LogP contribution >= 0.6 is 23.4 Å². The van der Waals surface area contributed by atoms with Gasteiger partial charge in [-0.1, -0.05) is 23.7 Å². The number of piperidine rings is 1. The summed E-state index contributed by atoms with van der Waals surface area (Å²) in [5, 5.41) is 0.666. The van der Waals surface area contributed by atoms with Crippen LogP contribution in [0.4, 0.5) is 0 Å². The van der Waals surface area contributed by atoms with E-state index in [0.717, 1.165) is 24.3 Å². The van der Waals surface area contributed by atoms with E-state index in [1.807, 2.05) is 34.1 Å². The number of likely N-dealkylation sites (tertiary alicyclic amines) is 1. The number of rotatable bonds is 4. The van der Waals surface area contributed by atoms with Gasteiger partial charge in [0.25, 0.3) is 0 Å². The lowest BCUT2D eigenvalue weighted by Gasteiger charge is -2.36. The van der Waals surface area contributed by atoms with E-state index in [1.54, 1.807) is 0 Å². The van der Waals surface area contributed by atoms with Crippen molar-refractivity contribution in [2.75, 3.05) is 45.1 Å². The van der Waals surface area contributed by atoms with E-state index in [1.165, 1.54) is 11.8 Å². The van der Waals surface area contributed by atoms with Crippen molar-refractivity contribution in [3.05, 3.63) is 29.3 Å². The fourth-order valence-electron chi connectivity index (χ4n) is 3.24. The highest BCUT2D eigenvalue weighted by Gasteiger charge is 2.31. The summed E-state index contributed by atoms with van der Waals surface area (Å²) in [7, 11) is 0. The average Bonchev–Trinajstić information content (AvgIpc) is 2.67. The number of nitrogens with zero attached hydrogens (tertiary/aromatic N) is 2.